The molecule has 0 heterocycles. The fraction of sp³-hybridized carbons (Fsp3) is 0. The Morgan fingerprint density at radius 3 is 0.711 bits per heavy atom. The molecule has 0 atom stereocenters. The van der Waals surface area contributed by atoms with Crippen molar-refractivity contribution >= 4 is 26.5 Å². The van der Waals surface area contributed by atoms with Gasteiger partial charge in [-0.05, 0) is 0 Å². The summed E-state index contributed by atoms with van der Waals surface area (Å²) in [6.07, 6.45) is 0. The van der Waals surface area contributed by atoms with Gasteiger partial charge in [0.25, 0.3) is 0 Å². The third-order valence-electron chi connectivity index (χ3n) is 7.01. The van der Waals surface area contributed by atoms with Crippen molar-refractivity contribution in [1.82, 2.24) is 0 Å². The minimum absolute atomic E-state index is 0.891. The third-order valence-corrected chi connectivity index (χ3v) is 13.5. The summed E-state index contributed by atoms with van der Waals surface area (Å²) < 4.78 is 17.9. The van der Waals surface area contributed by atoms with Gasteiger partial charge in [-0.2, -0.15) is 0 Å². The van der Waals surface area contributed by atoms with Crippen LogP contribution in [0.15, 0.2) is 164 Å². The van der Waals surface area contributed by atoms with Gasteiger partial charge in [0.05, 0.1) is 0 Å². The summed E-state index contributed by atoms with van der Waals surface area (Å²) in [5.74, 6) is 0. The molecule has 0 spiro atoms. The first-order valence-electron chi connectivity index (χ1n) is 12.8. The summed E-state index contributed by atoms with van der Waals surface area (Å²) in [4.78, 5) is 0. The van der Waals surface area contributed by atoms with Crippen LogP contribution in [0.3, 0.4) is 0 Å². The van der Waals surface area contributed by atoms with Gasteiger partial charge in [-0.3, -0.25) is 0 Å². The van der Waals surface area contributed by atoms with E-state index in [-0.39, 0.29) is 0 Å². The van der Waals surface area contributed by atoms with Crippen LogP contribution in [-0.4, -0.2) is 13.5 Å². The van der Waals surface area contributed by atoms with Crippen molar-refractivity contribution in [3.8, 4) is 33.4 Å². The van der Waals surface area contributed by atoms with Crippen LogP contribution in [0, 0.1) is 0 Å². The van der Waals surface area contributed by atoms with Gasteiger partial charge >= 0.3 is 227 Å². The molecule has 0 unspecified atom stereocenters. The van der Waals surface area contributed by atoms with E-state index in [0.717, 1.165) is 46.4 Å². The van der Waals surface area contributed by atoms with Crippen LogP contribution in [0.1, 0.15) is 0 Å². The van der Waals surface area contributed by atoms with Crippen molar-refractivity contribution in [3.63, 3.8) is 0 Å². The second kappa shape index (κ2) is 10.6. The molecule has 6 rings (SSSR count). The molecule has 0 bridgehead atoms. The van der Waals surface area contributed by atoms with Gasteiger partial charge in [-0.25, -0.2) is 0 Å². The fourth-order valence-corrected chi connectivity index (χ4v) is 10.4. The zero-order chi connectivity index (χ0) is 25.8. The summed E-state index contributed by atoms with van der Waals surface area (Å²) in [5, 5.41) is 0. The van der Waals surface area contributed by atoms with Crippen LogP contribution in [0.25, 0.3) is 33.4 Å². The maximum atomic E-state index is 15.2. The van der Waals surface area contributed by atoms with Crippen LogP contribution < -0.4 is 13.1 Å². The van der Waals surface area contributed by atoms with E-state index < -0.39 is 13.5 Å². The molecular weight excluding hydrogens is 523 g/mol. The Labute approximate surface area is 226 Å². The molecule has 38 heavy (non-hydrogen) atoms. The van der Waals surface area contributed by atoms with Crippen molar-refractivity contribution in [2.24, 2.45) is 0 Å². The fourth-order valence-electron chi connectivity index (χ4n) is 4.93. The van der Waals surface area contributed by atoms with Crippen molar-refractivity contribution in [1.29, 1.82) is 0 Å². The predicted molar refractivity (Wildman–Crippen MR) is 161 cm³/mol. The maximum absolute atomic E-state index is 15.2. The zero-order valence-electron chi connectivity index (χ0n) is 20.9. The van der Waals surface area contributed by atoms with E-state index >= 15 is 3.74 Å². The second-order valence-corrected chi connectivity index (χ2v) is 15.2. The topological polar surface area (TPSA) is 17.1 Å². The molecule has 0 fully saturated rings. The Bertz CT molecular complexity index is 1470. The van der Waals surface area contributed by atoms with Crippen molar-refractivity contribution < 1.29 is 3.74 Å². The number of rotatable bonds is 6. The average Bonchev–Trinajstić information content (AvgIpc) is 3.02. The predicted octanol–water partition coefficient (Wildman–Crippen LogP) is 7.09. The first-order chi connectivity index (χ1) is 18.7. The molecule has 0 aliphatic rings. The Morgan fingerprint density at radius 1 is 0.263 bits per heavy atom. The van der Waals surface area contributed by atoms with Crippen molar-refractivity contribution in [3.05, 3.63) is 164 Å². The van der Waals surface area contributed by atoms with E-state index in [4.69, 9.17) is 0 Å². The SMILES string of the molecule is O=[As](c1ccc(-c2ccccc2)cc1)(c1ccc(-c2ccccc2)cc1)c1ccc(-c2ccccc2)cc1. The van der Waals surface area contributed by atoms with Crippen LogP contribution >= 0.6 is 0 Å². The van der Waals surface area contributed by atoms with E-state index in [1.165, 1.54) is 0 Å². The first kappa shape index (κ1) is 24.0. The van der Waals surface area contributed by atoms with E-state index in [9.17, 15) is 0 Å². The minimum atomic E-state index is -3.96. The molecule has 0 N–H and O–H groups in total. The van der Waals surface area contributed by atoms with Crippen LogP contribution in [0.4, 0.5) is 0 Å². The standard InChI is InChI=1S/C36H27AsO/c38-37(34-22-16-31(17-23-34)28-10-4-1-5-11-28,35-24-18-32(19-25-35)29-12-6-2-7-13-29)36-26-20-33(21-27-36)30-14-8-3-9-15-30/h1-27H. The molecule has 1 nitrogen and oxygen atoms in total. The Hall–Kier alpha value is -4.32. The molecule has 0 amide bonds. The summed E-state index contributed by atoms with van der Waals surface area (Å²) >= 11 is -3.96. The molecule has 0 aliphatic carbocycles. The normalized spacial score (nSPS) is 11.3. The van der Waals surface area contributed by atoms with E-state index in [1.54, 1.807) is 0 Å². The van der Waals surface area contributed by atoms with E-state index in [0.29, 0.717) is 0 Å². The first-order valence-corrected chi connectivity index (χ1v) is 16.4. The van der Waals surface area contributed by atoms with Crippen LogP contribution in [0.2, 0.25) is 0 Å². The third kappa shape index (κ3) is 4.70. The van der Waals surface area contributed by atoms with Gasteiger partial charge in [0, 0.05) is 0 Å². The number of benzene rings is 6. The average molecular weight is 551 g/mol. The molecular formula is C36H27AsO. The zero-order valence-corrected chi connectivity index (χ0v) is 22.8. The van der Waals surface area contributed by atoms with Gasteiger partial charge in [-0.15, -0.1) is 0 Å². The van der Waals surface area contributed by atoms with E-state index in [1.807, 2.05) is 54.6 Å². The van der Waals surface area contributed by atoms with Crippen molar-refractivity contribution in [2.75, 3.05) is 0 Å². The van der Waals surface area contributed by atoms with Crippen LogP contribution in [-0.2, 0) is 3.74 Å². The molecule has 182 valence electrons. The summed E-state index contributed by atoms with van der Waals surface area (Å²) in [5.41, 5.74) is 6.82. The monoisotopic (exact) mass is 550 g/mol. The summed E-state index contributed by atoms with van der Waals surface area (Å²) in [6.45, 7) is 0. The molecule has 2 heteroatoms. The summed E-state index contributed by atoms with van der Waals surface area (Å²) in [7, 11) is 0. The number of hydrogen-bond acceptors (Lipinski definition) is 1. The van der Waals surface area contributed by atoms with Crippen LogP contribution in [0.5, 0.6) is 0 Å². The van der Waals surface area contributed by atoms with Gasteiger partial charge in [-0.1, -0.05) is 0 Å². The molecule has 6 aromatic rings. The van der Waals surface area contributed by atoms with Crippen molar-refractivity contribution in [2.45, 2.75) is 0 Å². The molecule has 6 aromatic carbocycles. The quantitative estimate of drug-likeness (QED) is 0.203. The van der Waals surface area contributed by atoms with Gasteiger partial charge in [0.15, 0.2) is 0 Å². The molecule has 0 aliphatic heterocycles. The van der Waals surface area contributed by atoms with Gasteiger partial charge < -0.3 is 0 Å². The Balaban J connectivity index is 1.44. The molecule has 0 aromatic heterocycles. The molecule has 0 saturated heterocycles. The van der Waals surface area contributed by atoms with Gasteiger partial charge in [0.2, 0.25) is 0 Å². The molecule has 0 saturated carbocycles. The Morgan fingerprint density at radius 2 is 0.474 bits per heavy atom. The number of hydrogen-bond donors (Lipinski definition) is 0. The Kier molecular flexibility index (Phi) is 6.69. The summed E-state index contributed by atoms with van der Waals surface area (Å²) in [6, 6.07) is 55.8. The molecule has 0 radical (unpaired) electrons. The second-order valence-electron chi connectivity index (χ2n) is 9.35. The van der Waals surface area contributed by atoms with Gasteiger partial charge in [0.1, 0.15) is 0 Å². The van der Waals surface area contributed by atoms with E-state index in [2.05, 4.69) is 109 Å².